The van der Waals surface area contributed by atoms with Crippen molar-refractivity contribution in [2.75, 3.05) is 19.1 Å². The Bertz CT molecular complexity index is 861. The lowest BCUT2D eigenvalue weighted by molar-refractivity contribution is -0.119. The van der Waals surface area contributed by atoms with Crippen LogP contribution in [0.25, 0.3) is 0 Å². The molecule has 4 nitrogen and oxygen atoms in total. The molecule has 1 saturated carbocycles. The van der Waals surface area contributed by atoms with Crippen LogP contribution in [0.4, 0.5) is 5.69 Å². The van der Waals surface area contributed by atoms with Crippen LogP contribution in [0.3, 0.4) is 0 Å². The van der Waals surface area contributed by atoms with Gasteiger partial charge in [0.2, 0.25) is 5.91 Å². The number of ether oxygens (including phenoxy) is 2. The third kappa shape index (κ3) is 3.45. The van der Waals surface area contributed by atoms with Crippen LogP contribution in [0.2, 0.25) is 0 Å². The second-order valence-electron chi connectivity index (χ2n) is 7.33. The maximum atomic E-state index is 12.9. The molecule has 2 aliphatic rings. The number of amides is 1. The minimum absolute atomic E-state index is 0.123. The lowest BCUT2D eigenvalue weighted by atomic mass is 9.92. The number of anilines is 1. The number of benzene rings is 2. The van der Waals surface area contributed by atoms with Gasteiger partial charge in [0.15, 0.2) is 11.5 Å². The monoisotopic (exact) mass is 429 g/mol. The van der Waals surface area contributed by atoms with Gasteiger partial charge in [0, 0.05) is 17.2 Å². The molecular weight excluding hydrogens is 406 g/mol. The average Bonchev–Trinajstić information content (AvgIpc) is 3.26. The number of halogens is 1. The molecule has 0 saturated heterocycles. The van der Waals surface area contributed by atoms with E-state index in [0.29, 0.717) is 6.42 Å². The number of hydrogen-bond donors (Lipinski definition) is 0. The fourth-order valence-corrected chi connectivity index (χ4v) is 4.58. The zero-order valence-electron chi connectivity index (χ0n) is 15.7. The molecule has 1 heterocycles. The fourth-order valence-electron chi connectivity index (χ4n) is 4.20. The molecular formula is C22H24BrNO3. The van der Waals surface area contributed by atoms with E-state index in [2.05, 4.69) is 28.1 Å². The smallest absolute Gasteiger partial charge is 0.234 e. The molecule has 0 unspecified atom stereocenters. The number of nitrogens with zero attached hydrogens (tertiary/aromatic N) is 1. The molecule has 2 aromatic carbocycles. The van der Waals surface area contributed by atoms with E-state index in [-0.39, 0.29) is 17.9 Å². The van der Waals surface area contributed by atoms with Gasteiger partial charge in [-0.05, 0) is 67.5 Å². The van der Waals surface area contributed by atoms with Gasteiger partial charge in [-0.3, -0.25) is 4.79 Å². The molecule has 1 atom stereocenters. The van der Waals surface area contributed by atoms with Crippen LogP contribution >= 0.6 is 15.9 Å². The van der Waals surface area contributed by atoms with E-state index in [9.17, 15) is 4.79 Å². The average molecular weight is 430 g/mol. The van der Waals surface area contributed by atoms with Gasteiger partial charge in [0.05, 0.1) is 19.1 Å². The highest BCUT2D eigenvalue weighted by Gasteiger charge is 2.36. The normalized spacial score (nSPS) is 19.4. The van der Waals surface area contributed by atoms with Gasteiger partial charge in [-0.2, -0.15) is 0 Å². The highest BCUT2D eigenvalue weighted by atomic mass is 79.9. The van der Waals surface area contributed by atoms with Crippen molar-refractivity contribution in [2.45, 2.75) is 44.1 Å². The van der Waals surface area contributed by atoms with Crippen molar-refractivity contribution in [3.8, 4) is 11.5 Å². The highest BCUT2D eigenvalue weighted by Crippen LogP contribution is 2.43. The fraction of sp³-hybridized carbons (Fsp3) is 0.409. The molecule has 27 heavy (non-hydrogen) atoms. The van der Waals surface area contributed by atoms with E-state index in [0.717, 1.165) is 45.6 Å². The van der Waals surface area contributed by atoms with Crippen molar-refractivity contribution in [1.29, 1.82) is 0 Å². The molecule has 0 N–H and O–H groups in total. The van der Waals surface area contributed by atoms with Gasteiger partial charge < -0.3 is 14.4 Å². The summed E-state index contributed by atoms with van der Waals surface area (Å²) in [7, 11) is 3.51. The second-order valence-corrected chi connectivity index (χ2v) is 8.25. The summed E-state index contributed by atoms with van der Waals surface area (Å²) in [5, 5.41) is 0. The molecule has 1 aliphatic carbocycles. The number of rotatable bonds is 5. The number of para-hydroxylation sites is 1. The van der Waals surface area contributed by atoms with E-state index >= 15 is 0 Å². The summed E-state index contributed by atoms with van der Waals surface area (Å²) in [4.78, 5) is 14.7. The summed E-state index contributed by atoms with van der Waals surface area (Å²) in [5.41, 5.74) is 3.07. The molecule has 0 aromatic heterocycles. The largest absolute Gasteiger partial charge is 0.493 e. The first-order valence-electron chi connectivity index (χ1n) is 9.48. The van der Waals surface area contributed by atoms with Crippen molar-refractivity contribution in [3.05, 3.63) is 52.0 Å². The lowest BCUT2D eigenvalue weighted by Gasteiger charge is -2.20. The molecule has 0 radical (unpaired) electrons. The molecule has 0 spiro atoms. The van der Waals surface area contributed by atoms with Crippen LogP contribution in [0, 0.1) is 0 Å². The SMILES string of the molecule is COc1cccc(C[C@H]2C(=O)N(C)c3ccc(Br)cc32)c1OC1CCCC1. The molecule has 4 rings (SSSR count). The Kier molecular flexibility index (Phi) is 5.13. The van der Waals surface area contributed by atoms with Crippen molar-refractivity contribution in [1.82, 2.24) is 0 Å². The van der Waals surface area contributed by atoms with Gasteiger partial charge >= 0.3 is 0 Å². The van der Waals surface area contributed by atoms with Crippen LogP contribution in [0.15, 0.2) is 40.9 Å². The van der Waals surface area contributed by atoms with Gasteiger partial charge in [-0.1, -0.05) is 28.1 Å². The zero-order chi connectivity index (χ0) is 19.0. The Labute approximate surface area is 168 Å². The van der Waals surface area contributed by atoms with E-state index < -0.39 is 0 Å². The molecule has 0 bridgehead atoms. The maximum Gasteiger partial charge on any atom is 0.234 e. The zero-order valence-corrected chi connectivity index (χ0v) is 17.3. The first kappa shape index (κ1) is 18.4. The van der Waals surface area contributed by atoms with E-state index in [1.165, 1.54) is 12.8 Å². The first-order chi connectivity index (χ1) is 13.1. The lowest BCUT2D eigenvalue weighted by Crippen LogP contribution is -2.25. The Balaban J connectivity index is 1.68. The minimum atomic E-state index is -0.208. The first-order valence-corrected chi connectivity index (χ1v) is 10.3. The molecule has 5 heteroatoms. The van der Waals surface area contributed by atoms with E-state index in [1.54, 1.807) is 12.0 Å². The number of hydrogen-bond acceptors (Lipinski definition) is 3. The predicted octanol–water partition coefficient (Wildman–Crippen LogP) is 5.08. The summed E-state index contributed by atoms with van der Waals surface area (Å²) in [6, 6.07) is 12.0. The Hall–Kier alpha value is -2.01. The van der Waals surface area contributed by atoms with Crippen molar-refractivity contribution in [3.63, 3.8) is 0 Å². The van der Waals surface area contributed by atoms with Gasteiger partial charge in [0.25, 0.3) is 0 Å². The topological polar surface area (TPSA) is 38.8 Å². The van der Waals surface area contributed by atoms with Gasteiger partial charge in [0.1, 0.15) is 0 Å². The molecule has 1 fully saturated rings. The predicted molar refractivity (Wildman–Crippen MR) is 110 cm³/mol. The van der Waals surface area contributed by atoms with Crippen molar-refractivity contribution in [2.24, 2.45) is 0 Å². The van der Waals surface area contributed by atoms with Crippen LogP contribution in [-0.4, -0.2) is 26.2 Å². The van der Waals surface area contributed by atoms with E-state index in [1.807, 2.05) is 31.3 Å². The Morgan fingerprint density at radius 2 is 1.96 bits per heavy atom. The molecule has 1 amide bonds. The Morgan fingerprint density at radius 3 is 2.70 bits per heavy atom. The number of likely N-dealkylation sites (N-methyl/N-ethyl adjacent to an activating group) is 1. The van der Waals surface area contributed by atoms with Crippen molar-refractivity contribution >= 4 is 27.5 Å². The van der Waals surface area contributed by atoms with Gasteiger partial charge in [-0.25, -0.2) is 0 Å². The molecule has 142 valence electrons. The van der Waals surface area contributed by atoms with Gasteiger partial charge in [-0.15, -0.1) is 0 Å². The third-order valence-corrected chi connectivity index (χ3v) is 6.14. The maximum absolute atomic E-state index is 12.9. The third-order valence-electron chi connectivity index (χ3n) is 5.65. The molecule has 1 aliphatic heterocycles. The quantitative estimate of drug-likeness (QED) is 0.664. The number of carbonyl (C=O) groups is 1. The standard InChI is InChI=1S/C22H24BrNO3/c1-24-19-11-10-15(23)13-17(19)18(22(24)25)12-14-6-5-9-20(26-2)21(14)27-16-7-3-4-8-16/h5-6,9-11,13,16,18H,3-4,7-8,12H2,1-2H3/t18-/m1/s1. The van der Waals surface area contributed by atoms with Crippen LogP contribution in [0.1, 0.15) is 42.7 Å². The van der Waals surface area contributed by atoms with Crippen LogP contribution < -0.4 is 14.4 Å². The van der Waals surface area contributed by atoms with Crippen molar-refractivity contribution < 1.29 is 14.3 Å². The van der Waals surface area contributed by atoms with E-state index in [4.69, 9.17) is 9.47 Å². The van der Waals surface area contributed by atoms with Crippen LogP contribution in [0.5, 0.6) is 11.5 Å². The summed E-state index contributed by atoms with van der Waals surface area (Å²) < 4.78 is 12.9. The number of fused-ring (bicyclic) bond motifs is 1. The second kappa shape index (κ2) is 7.55. The Morgan fingerprint density at radius 1 is 1.19 bits per heavy atom. The number of methoxy groups -OCH3 is 1. The number of carbonyl (C=O) groups excluding carboxylic acids is 1. The highest BCUT2D eigenvalue weighted by molar-refractivity contribution is 9.10. The summed E-state index contributed by atoms with van der Waals surface area (Å²) >= 11 is 3.54. The summed E-state index contributed by atoms with van der Waals surface area (Å²) in [6.45, 7) is 0. The summed E-state index contributed by atoms with van der Waals surface area (Å²) in [6.07, 6.45) is 5.43. The summed E-state index contributed by atoms with van der Waals surface area (Å²) in [5.74, 6) is 1.46. The minimum Gasteiger partial charge on any atom is -0.493 e. The molecule has 2 aromatic rings. The van der Waals surface area contributed by atoms with Crippen LogP contribution in [-0.2, 0) is 11.2 Å².